The van der Waals surface area contributed by atoms with E-state index in [1.54, 1.807) is 17.9 Å². The van der Waals surface area contributed by atoms with Gasteiger partial charge in [0.25, 0.3) is 0 Å². The Hall–Kier alpha value is -2.13. The van der Waals surface area contributed by atoms with Crippen molar-refractivity contribution in [3.05, 3.63) is 18.2 Å². The fourth-order valence-corrected chi connectivity index (χ4v) is 4.07. The van der Waals surface area contributed by atoms with Gasteiger partial charge >= 0.3 is 0 Å². The van der Waals surface area contributed by atoms with Crippen LogP contribution in [0.4, 0.5) is 5.69 Å². The van der Waals surface area contributed by atoms with E-state index in [1.807, 2.05) is 0 Å². The number of ether oxygens (including phenoxy) is 1. The number of hydrogen-bond donors (Lipinski definition) is 1. The Morgan fingerprint density at radius 2 is 1.93 bits per heavy atom. The van der Waals surface area contributed by atoms with Crippen molar-refractivity contribution in [3.63, 3.8) is 0 Å². The molecule has 1 N–H and O–H groups in total. The molecular formula is C19H29N3O5S. The maximum absolute atomic E-state index is 12.6. The van der Waals surface area contributed by atoms with E-state index in [4.69, 9.17) is 4.74 Å². The molecule has 0 atom stereocenters. The Morgan fingerprint density at radius 1 is 1.21 bits per heavy atom. The summed E-state index contributed by atoms with van der Waals surface area (Å²) in [5.74, 6) is -0.142. The second-order valence-corrected chi connectivity index (χ2v) is 9.03. The SMILES string of the molecule is CCOc1ccc(NC(=O)CN2CCCCCCC2=O)cc1S(=O)(=O)N(C)C. The third kappa shape index (κ3) is 5.68. The highest BCUT2D eigenvalue weighted by Crippen LogP contribution is 2.29. The molecule has 0 aliphatic carbocycles. The van der Waals surface area contributed by atoms with E-state index in [0.717, 1.165) is 30.0 Å². The molecule has 1 heterocycles. The lowest BCUT2D eigenvalue weighted by Gasteiger charge is -2.24. The Balaban J connectivity index is 2.16. The van der Waals surface area contributed by atoms with Crippen LogP contribution >= 0.6 is 0 Å². The van der Waals surface area contributed by atoms with Crippen LogP contribution in [0.1, 0.15) is 39.0 Å². The van der Waals surface area contributed by atoms with Gasteiger partial charge in [0.05, 0.1) is 13.2 Å². The normalized spacial score (nSPS) is 15.9. The molecule has 28 heavy (non-hydrogen) atoms. The van der Waals surface area contributed by atoms with Crippen LogP contribution in [0.3, 0.4) is 0 Å². The van der Waals surface area contributed by atoms with Crippen LogP contribution in [0.25, 0.3) is 0 Å². The van der Waals surface area contributed by atoms with Crippen LogP contribution < -0.4 is 10.1 Å². The second kappa shape index (κ2) is 9.88. The van der Waals surface area contributed by atoms with Gasteiger partial charge in [-0.15, -0.1) is 0 Å². The summed E-state index contributed by atoms with van der Waals surface area (Å²) in [4.78, 5) is 26.2. The van der Waals surface area contributed by atoms with Crippen LogP contribution in [0, 0.1) is 0 Å². The Kier molecular flexibility index (Phi) is 7.82. The topological polar surface area (TPSA) is 96.0 Å². The minimum absolute atomic E-state index is 0.0144. The van der Waals surface area contributed by atoms with Gasteiger partial charge < -0.3 is 15.0 Å². The third-order valence-electron chi connectivity index (χ3n) is 4.54. The molecule has 1 aliphatic rings. The van der Waals surface area contributed by atoms with Gasteiger partial charge in [-0.05, 0) is 38.0 Å². The maximum atomic E-state index is 12.6. The number of nitrogens with zero attached hydrogens (tertiary/aromatic N) is 2. The molecule has 1 saturated heterocycles. The van der Waals surface area contributed by atoms with E-state index >= 15 is 0 Å². The molecular weight excluding hydrogens is 382 g/mol. The molecule has 1 aliphatic heterocycles. The van der Waals surface area contributed by atoms with Gasteiger partial charge in [0.2, 0.25) is 21.8 Å². The standard InChI is InChI=1S/C19H29N3O5S/c1-4-27-16-11-10-15(13-17(16)28(25,26)21(2)3)20-18(23)14-22-12-8-6-5-7-9-19(22)24/h10-11,13H,4-9,12,14H2,1-3H3,(H,20,23). The summed E-state index contributed by atoms with van der Waals surface area (Å²) in [6.45, 7) is 2.61. The summed E-state index contributed by atoms with van der Waals surface area (Å²) in [6.07, 6.45) is 4.29. The highest BCUT2D eigenvalue weighted by molar-refractivity contribution is 7.89. The smallest absolute Gasteiger partial charge is 0.246 e. The number of anilines is 1. The quantitative estimate of drug-likeness (QED) is 0.741. The van der Waals surface area contributed by atoms with E-state index in [-0.39, 0.29) is 29.0 Å². The van der Waals surface area contributed by atoms with Gasteiger partial charge in [-0.25, -0.2) is 12.7 Å². The van der Waals surface area contributed by atoms with Gasteiger partial charge in [-0.3, -0.25) is 9.59 Å². The van der Waals surface area contributed by atoms with Crippen LogP contribution in [0.15, 0.2) is 23.1 Å². The summed E-state index contributed by atoms with van der Waals surface area (Å²) in [7, 11) is -0.872. The average Bonchev–Trinajstić information content (AvgIpc) is 2.62. The first-order valence-electron chi connectivity index (χ1n) is 9.52. The first-order chi connectivity index (χ1) is 13.3. The van der Waals surface area contributed by atoms with Gasteiger partial charge in [-0.2, -0.15) is 0 Å². The molecule has 2 amide bonds. The van der Waals surface area contributed by atoms with Crippen molar-refractivity contribution in [3.8, 4) is 5.75 Å². The third-order valence-corrected chi connectivity index (χ3v) is 6.38. The van der Waals surface area contributed by atoms with Crippen LogP contribution in [-0.2, 0) is 19.6 Å². The first kappa shape index (κ1) is 22.2. The summed E-state index contributed by atoms with van der Waals surface area (Å²) in [6, 6.07) is 4.50. The fraction of sp³-hybridized carbons (Fsp3) is 0.579. The zero-order chi connectivity index (χ0) is 20.7. The van der Waals surface area contributed by atoms with Gasteiger partial charge in [0.1, 0.15) is 10.6 Å². The molecule has 1 aromatic carbocycles. The van der Waals surface area contributed by atoms with Crippen molar-refractivity contribution in [2.24, 2.45) is 0 Å². The number of carbonyl (C=O) groups is 2. The van der Waals surface area contributed by atoms with Gasteiger partial charge in [0, 0.05) is 32.7 Å². The van der Waals surface area contributed by atoms with Crippen molar-refractivity contribution in [2.75, 3.05) is 39.1 Å². The number of rotatable bonds is 7. The second-order valence-electron chi connectivity index (χ2n) is 6.91. The monoisotopic (exact) mass is 411 g/mol. The number of sulfonamides is 1. The first-order valence-corrected chi connectivity index (χ1v) is 11.0. The van der Waals surface area contributed by atoms with Gasteiger partial charge in [-0.1, -0.05) is 12.8 Å². The zero-order valence-corrected chi connectivity index (χ0v) is 17.5. The number of likely N-dealkylation sites (tertiary alicyclic amines) is 1. The minimum Gasteiger partial charge on any atom is -0.492 e. The van der Waals surface area contributed by atoms with E-state index in [1.165, 1.54) is 26.2 Å². The predicted molar refractivity (Wildman–Crippen MR) is 107 cm³/mol. The van der Waals surface area contributed by atoms with Crippen molar-refractivity contribution in [1.29, 1.82) is 0 Å². The number of amides is 2. The van der Waals surface area contributed by atoms with E-state index in [2.05, 4.69) is 5.32 Å². The minimum atomic E-state index is -3.74. The number of nitrogens with one attached hydrogen (secondary N) is 1. The lowest BCUT2D eigenvalue weighted by molar-refractivity contribution is -0.135. The predicted octanol–water partition coefficient (Wildman–Crippen LogP) is 2.07. The molecule has 2 rings (SSSR count). The molecule has 0 saturated carbocycles. The summed E-state index contributed by atoms with van der Waals surface area (Å²) in [5, 5.41) is 2.70. The Morgan fingerprint density at radius 3 is 2.61 bits per heavy atom. The molecule has 0 aromatic heterocycles. The largest absolute Gasteiger partial charge is 0.492 e. The zero-order valence-electron chi connectivity index (χ0n) is 16.7. The van der Waals surface area contributed by atoms with Crippen molar-refractivity contribution in [1.82, 2.24) is 9.21 Å². The molecule has 156 valence electrons. The molecule has 9 heteroatoms. The van der Waals surface area contributed by atoms with Crippen LogP contribution in [0.5, 0.6) is 5.75 Å². The number of benzene rings is 1. The number of carbonyl (C=O) groups excluding carboxylic acids is 2. The van der Waals surface area contributed by atoms with Crippen molar-refractivity contribution in [2.45, 2.75) is 43.9 Å². The lowest BCUT2D eigenvalue weighted by Crippen LogP contribution is -2.39. The summed E-state index contributed by atoms with van der Waals surface area (Å²) < 4.78 is 31.7. The number of hydrogen-bond acceptors (Lipinski definition) is 5. The van der Waals surface area contributed by atoms with Crippen LogP contribution in [-0.4, -0.2) is 63.2 Å². The summed E-state index contributed by atoms with van der Waals surface area (Å²) >= 11 is 0. The van der Waals surface area contributed by atoms with E-state index in [9.17, 15) is 18.0 Å². The maximum Gasteiger partial charge on any atom is 0.246 e. The van der Waals surface area contributed by atoms with Crippen LogP contribution in [0.2, 0.25) is 0 Å². The highest BCUT2D eigenvalue weighted by Gasteiger charge is 2.24. The Bertz CT molecular complexity index is 808. The summed E-state index contributed by atoms with van der Waals surface area (Å²) in [5.41, 5.74) is 0.341. The molecule has 0 radical (unpaired) electrons. The average molecular weight is 412 g/mol. The van der Waals surface area contributed by atoms with Crippen molar-refractivity contribution < 1.29 is 22.7 Å². The molecule has 0 unspecified atom stereocenters. The molecule has 0 bridgehead atoms. The molecule has 0 spiro atoms. The molecule has 8 nitrogen and oxygen atoms in total. The van der Waals surface area contributed by atoms with E-state index < -0.39 is 10.0 Å². The van der Waals surface area contributed by atoms with Gasteiger partial charge in [0.15, 0.2) is 0 Å². The molecule has 1 aromatic rings. The fourth-order valence-electron chi connectivity index (χ4n) is 3.02. The molecule has 1 fully saturated rings. The van der Waals surface area contributed by atoms with E-state index in [0.29, 0.717) is 25.3 Å². The lowest BCUT2D eigenvalue weighted by atomic mass is 10.1. The Labute approximate surface area is 166 Å². The highest BCUT2D eigenvalue weighted by atomic mass is 32.2. The van der Waals surface area contributed by atoms with Crippen molar-refractivity contribution >= 4 is 27.5 Å².